The summed E-state index contributed by atoms with van der Waals surface area (Å²) >= 11 is 0. The van der Waals surface area contributed by atoms with Crippen LogP contribution < -0.4 is 15.4 Å². The molecular weight excluding hydrogens is 390 g/mol. The number of benzene rings is 2. The molecule has 1 saturated heterocycles. The maximum absolute atomic E-state index is 9.39. The Labute approximate surface area is 184 Å². The van der Waals surface area contributed by atoms with Crippen LogP contribution in [0.1, 0.15) is 30.4 Å². The lowest BCUT2D eigenvalue weighted by molar-refractivity contribution is 0.127. The zero-order chi connectivity index (χ0) is 21.5. The number of aryl methyl sites for hydroxylation is 1. The number of aliphatic hydroxyl groups excluding tert-OH is 1. The summed E-state index contributed by atoms with van der Waals surface area (Å²) < 4.78 is 11.3. The minimum Gasteiger partial charge on any atom is -0.493 e. The number of fused-ring (bicyclic) bond motifs is 1. The van der Waals surface area contributed by atoms with Crippen molar-refractivity contribution in [3.63, 3.8) is 0 Å². The molecule has 6 heteroatoms. The summed E-state index contributed by atoms with van der Waals surface area (Å²) in [4.78, 5) is 4.34. The molecule has 1 fully saturated rings. The van der Waals surface area contributed by atoms with Gasteiger partial charge in [0.05, 0.1) is 13.2 Å². The Kier molecular flexibility index (Phi) is 7.10. The smallest absolute Gasteiger partial charge is 0.191 e. The van der Waals surface area contributed by atoms with Crippen LogP contribution in [0.2, 0.25) is 0 Å². The van der Waals surface area contributed by atoms with E-state index in [0.29, 0.717) is 13.2 Å². The normalized spacial score (nSPS) is 20.8. The SMILES string of the molecule is CN=C(NCc1ccc(-c2ccc3c(c2)CCCO3)cc1)NCC1(CCO)CCOC1. The third-order valence-electron chi connectivity index (χ3n) is 6.34. The van der Waals surface area contributed by atoms with E-state index in [2.05, 4.69) is 58.1 Å². The lowest BCUT2D eigenvalue weighted by Gasteiger charge is -2.27. The van der Waals surface area contributed by atoms with Crippen LogP contribution >= 0.6 is 0 Å². The van der Waals surface area contributed by atoms with Gasteiger partial charge in [-0.15, -0.1) is 0 Å². The molecule has 1 unspecified atom stereocenters. The van der Waals surface area contributed by atoms with Gasteiger partial charge >= 0.3 is 0 Å². The second-order valence-corrected chi connectivity index (χ2v) is 8.53. The van der Waals surface area contributed by atoms with Gasteiger partial charge in [-0.05, 0) is 60.1 Å². The summed E-state index contributed by atoms with van der Waals surface area (Å²) in [5.41, 5.74) is 4.94. The molecule has 4 rings (SSSR count). The summed E-state index contributed by atoms with van der Waals surface area (Å²) in [5, 5.41) is 16.2. The molecule has 2 aromatic rings. The van der Waals surface area contributed by atoms with E-state index in [4.69, 9.17) is 9.47 Å². The number of guanidine groups is 1. The topological polar surface area (TPSA) is 75.1 Å². The van der Waals surface area contributed by atoms with Crippen molar-refractivity contribution in [2.75, 3.05) is 40.0 Å². The van der Waals surface area contributed by atoms with Crippen molar-refractivity contribution in [3.8, 4) is 16.9 Å². The van der Waals surface area contributed by atoms with Gasteiger partial charge in [-0.25, -0.2) is 0 Å². The zero-order valence-electron chi connectivity index (χ0n) is 18.3. The summed E-state index contributed by atoms with van der Waals surface area (Å²) in [6.45, 7) is 3.89. The maximum Gasteiger partial charge on any atom is 0.191 e. The second kappa shape index (κ2) is 10.2. The largest absolute Gasteiger partial charge is 0.493 e. The highest BCUT2D eigenvalue weighted by Gasteiger charge is 2.34. The van der Waals surface area contributed by atoms with Crippen molar-refractivity contribution >= 4 is 5.96 Å². The molecule has 0 amide bonds. The van der Waals surface area contributed by atoms with Crippen LogP contribution in [-0.2, 0) is 17.7 Å². The van der Waals surface area contributed by atoms with Crippen molar-refractivity contribution in [1.29, 1.82) is 0 Å². The van der Waals surface area contributed by atoms with Gasteiger partial charge in [0, 0.05) is 38.8 Å². The fourth-order valence-electron chi connectivity index (χ4n) is 4.34. The van der Waals surface area contributed by atoms with Crippen LogP contribution in [-0.4, -0.2) is 51.1 Å². The van der Waals surface area contributed by atoms with Crippen LogP contribution in [0.4, 0.5) is 0 Å². The number of ether oxygens (including phenoxy) is 2. The van der Waals surface area contributed by atoms with Crippen molar-refractivity contribution < 1.29 is 14.6 Å². The van der Waals surface area contributed by atoms with Gasteiger partial charge in [-0.2, -0.15) is 0 Å². The average Bonchev–Trinajstić information content (AvgIpc) is 3.28. The molecule has 1 atom stereocenters. The van der Waals surface area contributed by atoms with Crippen LogP contribution in [0.25, 0.3) is 11.1 Å². The van der Waals surface area contributed by atoms with E-state index in [9.17, 15) is 5.11 Å². The molecule has 166 valence electrons. The number of hydrogen-bond donors (Lipinski definition) is 3. The Morgan fingerprint density at radius 2 is 1.94 bits per heavy atom. The first kappa shape index (κ1) is 21.7. The Morgan fingerprint density at radius 1 is 1.10 bits per heavy atom. The van der Waals surface area contributed by atoms with Crippen LogP contribution in [0.5, 0.6) is 5.75 Å². The van der Waals surface area contributed by atoms with Crippen molar-refractivity contribution in [1.82, 2.24) is 10.6 Å². The molecule has 0 spiro atoms. The lowest BCUT2D eigenvalue weighted by atomic mass is 9.84. The first-order valence-electron chi connectivity index (χ1n) is 11.2. The number of aliphatic imine (C=N–C) groups is 1. The van der Waals surface area contributed by atoms with Crippen LogP contribution in [0.3, 0.4) is 0 Å². The molecule has 2 aliphatic rings. The highest BCUT2D eigenvalue weighted by molar-refractivity contribution is 5.79. The van der Waals surface area contributed by atoms with Crippen LogP contribution in [0.15, 0.2) is 47.5 Å². The third-order valence-corrected chi connectivity index (χ3v) is 6.34. The number of nitrogens with zero attached hydrogens (tertiary/aromatic N) is 1. The molecule has 3 N–H and O–H groups in total. The number of nitrogens with one attached hydrogen (secondary N) is 2. The molecule has 2 aromatic carbocycles. The summed E-state index contributed by atoms with van der Waals surface area (Å²) in [5.74, 6) is 1.79. The molecule has 0 bridgehead atoms. The number of hydrogen-bond acceptors (Lipinski definition) is 4. The number of aliphatic hydroxyl groups is 1. The Morgan fingerprint density at radius 3 is 2.68 bits per heavy atom. The van der Waals surface area contributed by atoms with Gasteiger partial charge in [-0.1, -0.05) is 30.3 Å². The highest BCUT2D eigenvalue weighted by Crippen LogP contribution is 2.32. The van der Waals surface area contributed by atoms with Crippen molar-refractivity contribution in [2.45, 2.75) is 32.2 Å². The van der Waals surface area contributed by atoms with Gasteiger partial charge in [0.15, 0.2) is 5.96 Å². The van der Waals surface area contributed by atoms with Crippen LogP contribution in [0, 0.1) is 5.41 Å². The van der Waals surface area contributed by atoms with E-state index in [1.54, 1.807) is 7.05 Å². The Hall–Kier alpha value is -2.57. The zero-order valence-corrected chi connectivity index (χ0v) is 18.3. The fraction of sp³-hybridized carbons (Fsp3) is 0.480. The quantitative estimate of drug-likeness (QED) is 0.471. The van der Waals surface area contributed by atoms with E-state index >= 15 is 0 Å². The standard InChI is InChI=1S/C25H33N3O3/c1-26-24(28-17-25(10-12-29)11-14-30-18-25)27-16-19-4-6-20(7-5-19)21-8-9-23-22(15-21)3-2-13-31-23/h4-9,15,29H,2-3,10-14,16-18H2,1H3,(H2,26,27,28). The first-order chi connectivity index (χ1) is 15.2. The Balaban J connectivity index is 1.32. The summed E-state index contributed by atoms with van der Waals surface area (Å²) in [7, 11) is 1.78. The first-order valence-corrected chi connectivity index (χ1v) is 11.2. The van der Waals surface area contributed by atoms with Gasteiger partial charge < -0.3 is 25.2 Å². The summed E-state index contributed by atoms with van der Waals surface area (Å²) in [6, 6.07) is 15.1. The molecule has 31 heavy (non-hydrogen) atoms. The minimum absolute atomic E-state index is 0.00602. The average molecular weight is 424 g/mol. The van der Waals surface area contributed by atoms with Gasteiger partial charge in [0.2, 0.25) is 0 Å². The highest BCUT2D eigenvalue weighted by atomic mass is 16.5. The van der Waals surface area contributed by atoms with Crippen molar-refractivity contribution in [2.24, 2.45) is 10.4 Å². The molecule has 6 nitrogen and oxygen atoms in total. The van der Waals surface area contributed by atoms with Gasteiger partial charge in [0.1, 0.15) is 5.75 Å². The molecular formula is C25H33N3O3. The fourth-order valence-corrected chi connectivity index (χ4v) is 4.34. The molecule has 0 aliphatic carbocycles. The summed E-state index contributed by atoms with van der Waals surface area (Å²) in [6.07, 6.45) is 3.88. The molecule has 2 heterocycles. The second-order valence-electron chi connectivity index (χ2n) is 8.53. The van der Waals surface area contributed by atoms with Gasteiger partial charge in [-0.3, -0.25) is 4.99 Å². The lowest BCUT2D eigenvalue weighted by Crippen LogP contribution is -2.44. The van der Waals surface area contributed by atoms with E-state index < -0.39 is 0 Å². The van der Waals surface area contributed by atoms with E-state index in [1.807, 2.05) is 0 Å². The monoisotopic (exact) mass is 423 g/mol. The van der Waals surface area contributed by atoms with E-state index in [-0.39, 0.29) is 12.0 Å². The minimum atomic E-state index is -0.00602. The van der Waals surface area contributed by atoms with E-state index in [0.717, 1.165) is 57.2 Å². The third kappa shape index (κ3) is 5.38. The predicted octanol–water partition coefficient (Wildman–Crippen LogP) is 3.13. The Bertz CT molecular complexity index is 889. The maximum atomic E-state index is 9.39. The van der Waals surface area contributed by atoms with Gasteiger partial charge in [0.25, 0.3) is 0 Å². The molecule has 2 aliphatic heterocycles. The molecule has 0 saturated carbocycles. The van der Waals surface area contributed by atoms with Crippen molar-refractivity contribution in [3.05, 3.63) is 53.6 Å². The molecule has 0 radical (unpaired) electrons. The number of rotatable bonds is 7. The molecule has 0 aromatic heterocycles. The predicted molar refractivity (Wildman–Crippen MR) is 123 cm³/mol. The van der Waals surface area contributed by atoms with E-state index in [1.165, 1.54) is 22.3 Å².